The van der Waals surface area contributed by atoms with Crippen molar-refractivity contribution in [2.75, 3.05) is 6.26 Å². The first-order valence-electron chi connectivity index (χ1n) is 4.68. The summed E-state index contributed by atoms with van der Waals surface area (Å²) in [5.74, 6) is -0.911. The van der Waals surface area contributed by atoms with Gasteiger partial charge in [-0.2, -0.15) is 0 Å². The summed E-state index contributed by atoms with van der Waals surface area (Å²) < 4.78 is 22.3. The number of carbonyl (C=O) groups is 2. The second-order valence-corrected chi connectivity index (χ2v) is 5.45. The molecule has 0 aliphatic carbocycles. The predicted octanol–water partition coefficient (Wildman–Crippen LogP) is -0.129. The molecule has 2 N–H and O–H groups in total. The number of amides is 2. The number of sulfone groups is 1. The zero-order valence-corrected chi connectivity index (χ0v) is 10.2. The fraction of sp³-hybridized carbons (Fsp3) is 0.200. The molecule has 0 bridgehead atoms. The molecular weight excluding hydrogens is 244 g/mol. The number of rotatable bonds is 2. The van der Waals surface area contributed by atoms with Crippen LogP contribution < -0.4 is 10.9 Å². The zero-order valence-electron chi connectivity index (χ0n) is 9.35. The minimum Gasteiger partial charge on any atom is -0.274 e. The molecule has 1 aromatic carbocycles. The smallest absolute Gasteiger partial charge is 0.269 e. The van der Waals surface area contributed by atoms with Gasteiger partial charge in [0.1, 0.15) is 0 Å². The first-order chi connectivity index (χ1) is 7.80. The van der Waals surface area contributed by atoms with Crippen molar-refractivity contribution in [3.8, 4) is 0 Å². The van der Waals surface area contributed by atoms with Crippen LogP contribution in [0.5, 0.6) is 0 Å². The average Bonchev–Trinajstić information content (AvgIpc) is 2.25. The monoisotopic (exact) mass is 256 g/mol. The van der Waals surface area contributed by atoms with E-state index in [1.54, 1.807) is 0 Å². The molecule has 0 radical (unpaired) electrons. The van der Waals surface area contributed by atoms with Crippen LogP contribution >= 0.6 is 0 Å². The average molecular weight is 256 g/mol. The van der Waals surface area contributed by atoms with Crippen LogP contribution in [-0.2, 0) is 14.6 Å². The van der Waals surface area contributed by atoms with Gasteiger partial charge in [-0.25, -0.2) is 8.42 Å². The third-order valence-electron chi connectivity index (χ3n) is 1.90. The van der Waals surface area contributed by atoms with E-state index in [0.717, 1.165) is 6.26 Å². The fourth-order valence-electron chi connectivity index (χ4n) is 1.07. The number of carbonyl (C=O) groups excluding carboxylic acids is 2. The van der Waals surface area contributed by atoms with Crippen molar-refractivity contribution in [1.82, 2.24) is 10.9 Å². The van der Waals surface area contributed by atoms with Gasteiger partial charge in [0.25, 0.3) is 5.91 Å². The van der Waals surface area contributed by atoms with Crippen LogP contribution in [0.3, 0.4) is 0 Å². The highest BCUT2D eigenvalue weighted by atomic mass is 32.2. The number of hydrazine groups is 1. The van der Waals surface area contributed by atoms with Crippen molar-refractivity contribution >= 4 is 21.7 Å². The second kappa shape index (κ2) is 4.96. The molecule has 0 saturated heterocycles. The maximum atomic E-state index is 11.4. The topological polar surface area (TPSA) is 92.3 Å². The summed E-state index contributed by atoms with van der Waals surface area (Å²) in [5.41, 5.74) is 4.56. The van der Waals surface area contributed by atoms with E-state index in [0.29, 0.717) is 0 Å². The summed E-state index contributed by atoms with van der Waals surface area (Å²) in [6.45, 7) is 1.26. The Hall–Kier alpha value is -1.89. The van der Waals surface area contributed by atoms with Crippen LogP contribution in [-0.4, -0.2) is 26.5 Å². The Kier molecular flexibility index (Phi) is 3.84. The van der Waals surface area contributed by atoms with Gasteiger partial charge in [-0.3, -0.25) is 20.4 Å². The van der Waals surface area contributed by atoms with Crippen molar-refractivity contribution < 1.29 is 18.0 Å². The van der Waals surface area contributed by atoms with Gasteiger partial charge in [-0.15, -0.1) is 0 Å². The molecule has 1 aromatic rings. The highest BCUT2D eigenvalue weighted by molar-refractivity contribution is 7.90. The first kappa shape index (κ1) is 13.2. The molecule has 0 saturated carbocycles. The van der Waals surface area contributed by atoms with E-state index in [9.17, 15) is 18.0 Å². The zero-order chi connectivity index (χ0) is 13.1. The third-order valence-corrected chi connectivity index (χ3v) is 3.03. The van der Waals surface area contributed by atoms with E-state index in [2.05, 4.69) is 10.9 Å². The standard InChI is InChI=1S/C10H12N2O4S/c1-7(13)11-12-10(14)8-3-5-9(6-4-8)17(2,15)16/h3-6H,1-2H3,(H,11,13)(H,12,14). The van der Waals surface area contributed by atoms with E-state index < -0.39 is 21.7 Å². The maximum absolute atomic E-state index is 11.4. The van der Waals surface area contributed by atoms with Gasteiger partial charge < -0.3 is 0 Å². The van der Waals surface area contributed by atoms with Crippen molar-refractivity contribution in [2.45, 2.75) is 11.8 Å². The van der Waals surface area contributed by atoms with E-state index >= 15 is 0 Å². The Morgan fingerprint density at radius 3 is 2.00 bits per heavy atom. The van der Waals surface area contributed by atoms with Gasteiger partial charge >= 0.3 is 0 Å². The lowest BCUT2D eigenvalue weighted by Crippen LogP contribution is -2.40. The molecule has 0 fully saturated rings. The minimum atomic E-state index is -3.27. The normalized spacial score (nSPS) is 10.7. The quantitative estimate of drug-likeness (QED) is 0.721. The van der Waals surface area contributed by atoms with Crippen molar-refractivity contribution in [3.63, 3.8) is 0 Å². The van der Waals surface area contributed by atoms with Crippen LogP contribution in [0.4, 0.5) is 0 Å². The van der Waals surface area contributed by atoms with Crippen molar-refractivity contribution in [1.29, 1.82) is 0 Å². The van der Waals surface area contributed by atoms with Gasteiger partial charge in [0.05, 0.1) is 4.90 Å². The van der Waals surface area contributed by atoms with Crippen LogP contribution in [0.1, 0.15) is 17.3 Å². The van der Waals surface area contributed by atoms with Crippen LogP contribution in [0.25, 0.3) is 0 Å². The fourth-order valence-corrected chi connectivity index (χ4v) is 1.70. The molecule has 0 spiro atoms. The van der Waals surface area contributed by atoms with E-state index in [1.807, 2.05) is 0 Å². The Balaban J connectivity index is 2.81. The minimum absolute atomic E-state index is 0.133. The molecule has 92 valence electrons. The lowest BCUT2D eigenvalue weighted by atomic mass is 10.2. The second-order valence-electron chi connectivity index (χ2n) is 3.43. The number of benzene rings is 1. The molecule has 1 rings (SSSR count). The summed E-state index contributed by atoms with van der Waals surface area (Å²) in [6.07, 6.45) is 1.08. The summed E-state index contributed by atoms with van der Waals surface area (Å²) in [4.78, 5) is 22.1. The van der Waals surface area contributed by atoms with E-state index in [1.165, 1.54) is 31.2 Å². The molecule has 6 nitrogen and oxygen atoms in total. The molecule has 0 atom stereocenters. The summed E-state index contributed by atoms with van der Waals surface area (Å²) in [6, 6.07) is 5.40. The molecular formula is C10H12N2O4S. The van der Waals surface area contributed by atoms with E-state index in [4.69, 9.17) is 0 Å². The van der Waals surface area contributed by atoms with Crippen molar-refractivity contribution in [3.05, 3.63) is 29.8 Å². The first-order valence-corrected chi connectivity index (χ1v) is 6.57. The number of nitrogens with one attached hydrogen (secondary N) is 2. The van der Waals surface area contributed by atoms with Crippen molar-refractivity contribution in [2.24, 2.45) is 0 Å². The Bertz CT molecular complexity index is 534. The van der Waals surface area contributed by atoms with Gasteiger partial charge in [0, 0.05) is 18.7 Å². The summed E-state index contributed by atoms with van der Waals surface area (Å²) >= 11 is 0. The van der Waals surface area contributed by atoms with E-state index in [-0.39, 0.29) is 10.5 Å². The molecule has 0 aromatic heterocycles. The number of hydrogen-bond donors (Lipinski definition) is 2. The largest absolute Gasteiger partial charge is 0.274 e. The molecule has 0 aliphatic heterocycles. The molecule has 7 heteroatoms. The molecule has 17 heavy (non-hydrogen) atoms. The van der Waals surface area contributed by atoms with Gasteiger partial charge in [-0.1, -0.05) is 0 Å². The lowest BCUT2D eigenvalue weighted by Gasteiger charge is -2.05. The van der Waals surface area contributed by atoms with Gasteiger partial charge in [-0.05, 0) is 24.3 Å². The molecule has 0 heterocycles. The van der Waals surface area contributed by atoms with Gasteiger partial charge in [0.2, 0.25) is 5.91 Å². The Labute approximate surface area is 98.9 Å². The highest BCUT2D eigenvalue weighted by Crippen LogP contribution is 2.09. The third kappa shape index (κ3) is 3.87. The Morgan fingerprint density at radius 2 is 1.59 bits per heavy atom. The molecule has 2 amide bonds. The molecule has 0 unspecified atom stereocenters. The molecule has 0 aliphatic rings. The SMILES string of the molecule is CC(=O)NNC(=O)c1ccc(S(C)(=O)=O)cc1. The van der Waals surface area contributed by atoms with Crippen LogP contribution in [0, 0.1) is 0 Å². The maximum Gasteiger partial charge on any atom is 0.269 e. The predicted molar refractivity (Wildman–Crippen MR) is 60.8 cm³/mol. The summed E-state index contributed by atoms with van der Waals surface area (Å²) in [7, 11) is -3.27. The van der Waals surface area contributed by atoms with Gasteiger partial charge in [0.15, 0.2) is 9.84 Å². The highest BCUT2D eigenvalue weighted by Gasteiger charge is 2.09. The lowest BCUT2D eigenvalue weighted by molar-refractivity contribution is -0.119. The Morgan fingerprint density at radius 1 is 1.06 bits per heavy atom. The van der Waals surface area contributed by atoms with Crippen LogP contribution in [0.2, 0.25) is 0 Å². The summed E-state index contributed by atoms with van der Waals surface area (Å²) in [5, 5.41) is 0. The number of hydrogen-bond acceptors (Lipinski definition) is 4. The van der Waals surface area contributed by atoms with Crippen LogP contribution in [0.15, 0.2) is 29.2 Å².